The molecule has 3 heteroatoms. The first kappa shape index (κ1) is 23.2. The highest BCUT2D eigenvalue weighted by Gasteiger charge is 2.49. The molecule has 32 heavy (non-hydrogen) atoms. The molecule has 0 amide bonds. The molecule has 5 unspecified atom stereocenters. The Morgan fingerprint density at radius 3 is 2.84 bits per heavy atom. The molecule has 2 fully saturated rings. The molecule has 0 aromatic carbocycles. The van der Waals surface area contributed by atoms with E-state index in [1.54, 1.807) is 6.08 Å². The van der Waals surface area contributed by atoms with Crippen molar-refractivity contribution in [1.29, 1.82) is 0 Å². The van der Waals surface area contributed by atoms with Crippen LogP contribution in [0.1, 0.15) is 70.1 Å². The van der Waals surface area contributed by atoms with Gasteiger partial charge < -0.3 is 4.74 Å². The van der Waals surface area contributed by atoms with Crippen molar-refractivity contribution >= 4 is 11.6 Å². The summed E-state index contributed by atoms with van der Waals surface area (Å²) in [6.45, 7) is 5.64. The standard InChI is InChI=1S/C29H38FNO/c1-4-28-27(26-12-8-6-10-22(26)18-29(28,2)20-32-3)16-15-25-14-13-23(19-31-25)21-9-5-7-11-24(30)17-21/h7,9,11,13-17,19,22,26-28H,4-6,8,10,12,18,20H2,1-3H3/b16-15+. The zero-order valence-corrected chi connectivity index (χ0v) is 19.9. The molecule has 0 radical (unpaired) electrons. The summed E-state index contributed by atoms with van der Waals surface area (Å²) in [6, 6.07) is 4.12. The first-order valence-corrected chi connectivity index (χ1v) is 12.4. The van der Waals surface area contributed by atoms with Crippen molar-refractivity contribution in [2.75, 3.05) is 13.7 Å². The molecular weight excluding hydrogens is 397 g/mol. The third-order valence-corrected chi connectivity index (χ3v) is 8.12. The fraction of sp³-hybridized carbons (Fsp3) is 0.552. The van der Waals surface area contributed by atoms with Crippen molar-refractivity contribution in [3.05, 3.63) is 65.8 Å². The molecule has 2 nitrogen and oxygen atoms in total. The molecule has 5 atom stereocenters. The second-order valence-corrected chi connectivity index (χ2v) is 10.2. The number of hydrogen-bond donors (Lipinski definition) is 0. The lowest BCUT2D eigenvalue weighted by molar-refractivity contribution is -0.0660. The van der Waals surface area contributed by atoms with E-state index in [-0.39, 0.29) is 11.2 Å². The van der Waals surface area contributed by atoms with Gasteiger partial charge in [0.2, 0.25) is 0 Å². The molecule has 3 aliphatic rings. The van der Waals surface area contributed by atoms with Gasteiger partial charge >= 0.3 is 0 Å². The molecule has 0 spiro atoms. The van der Waals surface area contributed by atoms with Crippen molar-refractivity contribution in [2.45, 2.75) is 58.8 Å². The Bertz CT molecular complexity index is 896. The number of aromatic nitrogens is 1. The molecule has 2 saturated carbocycles. The molecule has 1 aromatic rings. The monoisotopic (exact) mass is 435 g/mol. The quantitative estimate of drug-likeness (QED) is 0.455. The summed E-state index contributed by atoms with van der Waals surface area (Å²) in [4.78, 5) is 4.70. The van der Waals surface area contributed by atoms with E-state index in [0.717, 1.165) is 41.7 Å². The number of nitrogens with zero attached hydrogens (tertiary/aromatic N) is 1. The summed E-state index contributed by atoms with van der Waals surface area (Å²) in [5.41, 5.74) is 3.08. The predicted molar refractivity (Wildman–Crippen MR) is 132 cm³/mol. The molecule has 0 bridgehead atoms. The summed E-state index contributed by atoms with van der Waals surface area (Å²) in [5, 5.41) is 0. The van der Waals surface area contributed by atoms with Crippen LogP contribution >= 0.6 is 0 Å². The minimum Gasteiger partial charge on any atom is -0.384 e. The largest absolute Gasteiger partial charge is 0.384 e. The molecule has 1 heterocycles. The lowest BCUT2D eigenvalue weighted by atomic mass is 9.52. The van der Waals surface area contributed by atoms with Crippen molar-refractivity contribution in [1.82, 2.24) is 4.98 Å². The van der Waals surface area contributed by atoms with Crippen LogP contribution in [0.15, 0.2) is 54.5 Å². The highest BCUT2D eigenvalue weighted by molar-refractivity contribution is 5.75. The first-order chi connectivity index (χ1) is 15.5. The van der Waals surface area contributed by atoms with E-state index in [4.69, 9.17) is 9.72 Å². The van der Waals surface area contributed by atoms with Gasteiger partial charge in [-0.15, -0.1) is 0 Å². The number of pyridine rings is 1. The van der Waals surface area contributed by atoms with Gasteiger partial charge in [0.1, 0.15) is 5.83 Å². The highest BCUT2D eigenvalue weighted by Crippen LogP contribution is 2.55. The topological polar surface area (TPSA) is 22.1 Å². The minimum atomic E-state index is -0.207. The zero-order valence-electron chi connectivity index (χ0n) is 19.9. The van der Waals surface area contributed by atoms with E-state index in [2.05, 4.69) is 38.1 Å². The number of halogens is 1. The summed E-state index contributed by atoms with van der Waals surface area (Å²) < 4.78 is 19.5. The van der Waals surface area contributed by atoms with E-state index in [1.807, 2.05) is 25.5 Å². The second-order valence-electron chi connectivity index (χ2n) is 10.2. The number of fused-ring (bicyclic) bond motifs is 1. The van der Waals surface area contributed by atoms with Crippen molar-refractivity contribution in [3.63, 3.8) is 0 Å². The maximum absolute atomic E-state index is 13.8. The maximum Gasteiger partial charge on any atom is 0.123 e. The van der Waals surface area contributed by atoms with E-state index in [0.29, 0.717) is 11.8 Å². The molecule has 3 aliphatic carbocycles. The summed E-state index contributed by atoms with van der Waals surface area (Å²) >= 11 is 0. The number of allylic oxidation sites excluding steroid dienone is 7. The first-order valence-electron chi connectivity index (χ1n) is 12.4. The second kappa shape index (κ2) is 10.3. The Balaban J connectivity index is 1.56. The van der Waals surface area contributed by atoms with Crippen molar-refractivity contribution < 1.29 is 9.13 Å². The average Bonchev–Trinajstić information content (AvgIpc) is 3.02. The Morgan fingerprint density at radius 2 is 2.09 bits per heavy atom. The molecule has 0 saturated heterocycles. The lowest BCUT2D eigenvalue weighted by Gasteiger charge is -2.54. The van der Waals surface area contributed by atoms with Gasteiger partial charge in [-0.05, 0) is 83.8 Å². The molecule has 0 N–H and O–H groups in total. The van der Waals surface area contributed by atoms with Crippen LogP contribution in [0.5, 0.6) is 0 Å². The van der Waals surface area contributed by atoms with E-state index in [1.165, 1.54) is 44.6 Å². The van der Waals surface area contributed by atoms with Crippen LogP contribution in [-0.4, -0.2) is 18.7 Å². The SMILES string of the molecule is CCC1C(/C=C/c2ccc(C3=CCC=CC(F)=C3)cn2)C2CCCCC2CC1(C)COC. The maximum atomic E-state index is 13.8. The Labute approximate surface area is 193 Å². The van der Waals surface area contributed by atoms with Crippen LogP contribution in [-0.2, 0) is 4.74 Å². The van der Waals surface area contributed by atoms with Crippen LogP contribution in [0.2, 0.25) is 0 Å². The van der Waals surface area contributed by atoms with Gasteiger partial charge in [0.05, 0.1) is 12.3 Å². The van der Waals surface area contributed by atoms with Crippen LogP contribution in [0.4, 0.5) is 4.39 Å². The van der Waals surface area contributed by atoms with Gasteiger partial charge in [-0.3, -0.25) is 4.98 Å². The van der Waals surface area contributed by atoms with Crippen LogP contribution < -0.4 is 0 Å². The lowest BCUT2D eigenvalue weighted by Crippen LogP contribution is -2.48. The van der Waals surface area contributed by atoms with Crippen molar-refractivity contribution in [2.24, 2.45) is 29.1 Å². The third kappa shape index (κ3) is 4.98. The van der Waals surface area contributed by atoms with Gasteiger partial charge in [0.15, 0.2) is 0 Å². The zero-order chi connectivity index (χ0) is 22.6. The molecule has 0 aliphatic heterocycles. The normalized spacial score (nSPS) is 32.9. The summed E-state index contributed by atoms with van der Waals surface area (Å²) in [7, 11) is 1.85. The van der Waals surface area contributed by atoms with Crippen molar-refractivity contribution in [3.8, 4) is 0 Å². The highest BCUT2D eigenvalue weighted by atomic mass is 19.1. The molecular formula is C29H38FNO. The Kier molecular flexibility index (Phi) is 7.45. The van der Waals surface area contributed by atoms with Gasteiger partial charge in [0, 0.05) is 13.3 Å². The predicted octanol–water partition coefficient (Wildman–Crippen LogP) is 7.80. The summed E-state index contributed by atoms with van der Waals surface area (Å²) in [6.07, 6.45) is 22.2. The molecule has 4 rings (SSSR count). The van der Waals surface area contributed by atoms with Gasteiger partial charge in [-0.2, -0.15) is 0 Å². The Morgan fingerprint density at radius 1 is 1.25 bits per heavy atom. The van der Waals surface area contributed by atoms with Gasteiger partial charge in [-0.25, -0.2) is 4.39 Å². The van der Waals surface area contributed by atoms with Crippen LogP contribution in [0.25, 0.3) is 11.6 Å². The van der Waals surface area contributed by atoms with E-state index >= 15 is 0 Å². The number of hydrogen-bond acceptors (Lipinski definition) is 2. The van der Waals surface area contributed by atoms with Crippen LogP contribution in [0, 0.1) is 29.1 Å². The van der Waals surface area contributed by atoms with E-state index in [9.17, 15) is 4.39 Å². The number of methoxy groups -OCH3 is 1. The average molecular weight is 436 g/mol. The minimum absolute atomic E-state index is 0.207. The number of rotatable bonds is 6. The summed E-state index contributed by atoms with van der Waals surface area (Å²) in [5.74, 6) is 2.60. The number of ether oxygens (including phenoxy) is 1. The molecule has 172 valence electrons. The van der Waals surface area contributed by atoms with Gasteiger partial charge in [-0.1, -0.05) is 63.8 Å². The van der Waals surface area contributed by atoms with Crippen LogP contribution in [0.3, 0.4) is 0 Å². The smallest absolute Gasteiger partial charge is 0.123 e. The van der Waals surface area contributed by atoms with E-state index < -0.39 is 0 Å². The third-order valence-electron chi connectivity index (χ3n) is 8.12. The Hall–Kier alpha value is -2.00. The van der Waals surface area contributed by atoms with Gasteiger partial charge in [0.25, 0.3) is 0 Å². The fourth-order valence-electron chi connectivity index (χ4n) is 6.76. The molecule has 1 aromatic heterocycles. The fourth-order valence-corrected chi connectivity index (χ4v) is 6.76.